The molecule has 0 aliphatic heterocycles. The molecule has 1 fully saturated rings. The van der Waals surface area contributed by atoms with Crippen LogP contribution in [0.25, 0.3) is 33.6 Å². The van der Waals surface area contributed by atoms with Gasteiger partial charge in [0.05, 0.1) is 17.8 Å². The molecule has 2 N–H and O–H groups in total. The number of hydrogen-bond acceptors (Lipinski definition) is 6. The van der Waals surface area contributed by atoms with Crippen molar-refractivity contribution in [1.29, 1.82) is 5.26 Å². The summed E-state index contributed by atoms with van der Waals surface area (Å²) < 4.78 is 2.34. The van der Waals surface area contributed by atoms with Gasteiger partial charge in [-0.15, -0.1) is 0 Å². The summed E-state index contributed by atoms with van der Waals surface area (Å²) in [6.45, 7) is 0. The maximum absolute atomic E-state index is 9.05. The van der Waals surface area contributed by atoms with Crippen molar-refractivity contribution < 1.29 is 0 Å². The highest BCUT2D eigenvalue weighted by Crippen LogP contribution is 2.39. The average molecular weight is 386 g/mol. The highest BCUT2D eigenvalue weighted by molar-refractivity contribution is 6.02. The average Bonchev–Trinajstić information content (AvgIpc) is 3.39. The van der Waals surface area contributed by atoms with E-state index in [9.17, 15) is 0 Å². The quantitative estimate of drug-likeness (QED) is 0.548. The van der Waals surface area contributed by atoms with E-state index in [4.69, 9.17) is 10.2 Å². The minimum absolute atomic E-state index is 0.318. The SMILES string of the molecule is CNc1nccc(-c2nc3cnc4[nH]ccc4c3n2C2CCC(CC#N)CC2)n1. The Hall–Kier alpha value is -3.47. The van der Waals surface area contributed by atoms with Gasteiger partial charge in [0.2, 0.25) is 5.95 Å². The number of imidazole rings is 1. The number of aromatic nitrogens is 6. The zero-order valence-corrected chi connectivity index (χ0v) is 16.3. The Morgan fingerprint density at radius 3 is 2.86 bits per heavy atom. The maximum Gasteiger partial charge on any atom is 0.223 e. The summed E-state index contributed by atoms with van der Waals surface area (Å²) in [5, 5.41) is 13.1. The number of nitrogens with zero attached hydrogens (tertiary/aromatic N) is 6. The van der Waals surface area contributed by atoms with Crippen molar-refractivity contribution >= 4 is 28.0 Å². The lowest BCUT2D eigenvalue weighted by molar-refractivity contribution is 0.283. The molecule has 0 aromatic carbocycles. The highest BCUT2D eigenvalue weighted by Gasteiger charge is 2.27. The van der Waals surface area contributed by atoms with Gasteiger partial charge in [-0.1, -0.05) is 0 Å². The second-order valence-corrected chi connectivity index (χ2v) is 7.59. The van der Waals surface area contributed by atoms with Crippen LogP contribution in [0.15, 0.2) is 30.7 Å². The Kier molecular flexibility index (Phi) is 4.35. The van der Waals surface area contributed by atoms with Gasteiger partial charge in [-0.25, -0.2) is 19.9 Å². The molecule has 4 heterocycles. The molecular formula is C21H22N8. The predicted molar refractivity (Wildman–Crippen MR) is 111 cm³/mol. The van der Waals surface area contributed by atoms with Crippen molar-refractivity contribution in [2.75, 3.05) is 12.4 Å². The topological polar surface area (TPSA) is 108 Å². The van der Waals surface area contributed by atoms with E-state index in [1.165, 1.54) is 0 Å². The monoisotopic (exact) mass is 386 g/mol. The number of anilines is 1. The summed E-state index contributed by atoms with van der Waals surface area (Å²) in [7, 11) is 1.81. The van der Waals surface area contributed by atoms with E-state index < -0.39 is 0 Å². The van der Waals surface area contributed by atoms with Crippen molar-refractivity contribution in [1.82, 2.24) is 29.5 Å². The number of nitrogens with one attached hydrogen (secondary N) is 2. The third-order valence-corrected chi connectivity index (χ3v) is 5.90. The molecule has 0 atom stereocenters. The fourth-order valence-corrected chi connectivity index (χ4v) is 4.47. The molecule has 4 aromatic heterocycles. The van der Waals surface area contributed by atoms with Crippen LogP contribution in [0.2, 0.25) is 0 Å². The molecule has 0 saturated heterocycles. The third kappa shape index (κ3) is 2.99. The molecule has 0 amide bonds. The Bertz CT molecular complexity index is 1210. The fraction of sp³-hybridized carbons (Fsp3) is 0.381. The molecule has 0 unspecified atom stereocenters. The molecule has 0 spiro atoms. The van der Waals surface area contributed by atoms with E-state index in [2.05, 4.69) is 42.0 Å². The number of pyridine rings is 1. The molecule has 0 radical (unpaired) electrons. The lowest BCUT2D eigenvalue weighted by atomic mass is 9.84. The zero-order valence-electron chi connectivity index (χ0n) is 16.3. The van der Waals surface area contributed by atoms with Crippen molar-refractivity contribution in [2.24, 2.45) is 5.92 Å². The number of aromatic amines is 1. The van der Waals surface area contributed by atoms with E-state index >= 15 is 0 Å². The molecule has 0 bridgehead atoms. The molecule has 146 valence electrons. The number of H-pyrrole nitrogens is 1. The van der Waals surface area contributed by atoms with E-state index in [1.807, 2.05) is 25.5 Å². The molecule has 4 aromatic rings. The minimum Gasteiger partial charge on any atom is -0.357 e. The van der Waals surface area contributed by atoms with Crippen LogP contribution in [0.5, 0.6) is 0 Å². The van der Waals surface area contributed by atoms with Gasteiger partial charge < -0.3 is 14.9 Å². The number of rotatable bonds is 4. The highest BCUT2D eigenvalue weighted by atomic mass is 15.2. The van der Waals surface area contributed by atoms with E-state index in [-0.39, 0.29) is 0 Å². The summed E-state index contributed by atoms with van der Waals surface area (Å²) in [5.41, 5.74) is 3.63. The van der Waals surface area contributed by atoms with Crippen molar-refractivity contribution in [3.63, 3.8) is 0 Å². The second kappa shape index (κ2) is 7.17. The summed E-state index contributed by atoms with van der Waals surface area (Å²) in [6.07, 6.45) is 10.3. The molecule has 1 aliphatic rings. The van der Waals surface area contributed by atoms with Crippen LogP contribution in [-0.2, 0) is 0 Å². The molecule has 8 nitrogen and oxygen atoms in total. The first-order valence-corrected chi connectivity index (χ1v) is 10.0. The van der Waals surface area contributed by atoms with Crippen LogP contribution in [0, 0.1) is 17.2 Å². The van der Waals surface area contributed by atoms with Crippen LogP contribution in [0.4, 0.5) is 5.95 Å². The molecule has 5 rings (SSSR count). The molecule has 1 saturated carbocycles. The summed E-state index contributed by atoms with van der Waals surface area (Å²) in [6, 6.07) is 6.62. The van der Waals surface area contributed by atoms with Crippen LogP contribution in [0.1, 0.15) is 38.1 Å². The number of nitriles is 1. The van der Waals surface area contributed by atoms with E-state index in [0.29, 0.717) is 24.3 Å². The van der Waals surface area contributed by atoms with Crippen LogP contribution < -0.4 is 5.32 Å². The molecular weight excluding hydrogens is 364 g/mol. The Morgan fingerprint density at radius 2 is 2.07 bits per heavy atom. The van der Waals surface area contributed by atoms with Gasteiger partial charge in [-0.05, 0) is 43.7 Å². The van der Waals surface area contributed by atoms with E-state index in [0.717, 1.165) is 59.3 Å². The van der Waals surface area contributed by atoms with Gasteiger partial charge in [-0.2, -0.15) is 5.26 Å². The predicted octanol–water partition coefficient (Wildman–Crippen LogP) is 4.06. The number of hydrogen-bond donors (Lipinski definition) is 2. The largest absolute Gasteiger partial charge is 0.357 e. The first-order valence-electron chi connectivity index (χ1n) is 10.0. The van der Waals surface area contributed by atoms with Crippen LogP contribution in [0.3, 0.4) is 0 Å². The summed E-state index contributed by atoms with van der Waals surface area (Å²) in [4.78, 5) is 21.6. The fourth-order valence-electron chi connectivity index (χ4n) is 4.47. The zero-order chi connectivity index (χ0) is 19.8. The van der Waals surface area contributed by atoms with Crippen molar-refractivity contribution in [3.05, 3.63) is 30.7 Å². The minimum atomic E-state index is 0.318. The first kappa shape index (κ1) is 17.6. The Morgan fingerprint density at radius 1 is 1.21 bits per heavy atom. The first-order chi connectivity index (χ1) is 14.3. The molecule has 29 heavy (non-hydrogen) atoms. The van der Waals surface area contributed by atoms with Crippen molar-refractivity contribution in [3.8, 4) is 17.6 Å². The summed E-state index contributed by atoms with van der Waals surface area (Å²) >= 11 is 0. The van der Waals surface area contributed by atoms with Gasteiger partial charge in [-0.3, -0.25) is 0 Å². The second-order valence-electron chi connectivity index (χ2n) is 7.59. The summed E-state index contributed by atoms with van der Waals surface area (Å²) in [5.74, 6) is 1.92. The van der Waals surface area contributed by atoms with Crippen molar-refractivity contribution in [2.45, 2.75) is 38.1 Å². The van der Waals surface area contributed by atoms with Gasteiger partial charge in [0.15, 0.2) is 5.82 Å². The van der Waals surface area contributed by atoms with Gasteiger partial charge in [0, 0.05) is 37.3 Å². The van der Waals surface area contributed by atoms with Gasteiger partial charge >= 0.3 is 0 Å². The Labute approximate surface area is 168 Å². The van der Waals surface area contributed by atoms with Gasteiger partial charge in [0.25, 0.3) is 0 Å². The smallest absolute Gasteiger partial charge is 0.223 e. The normalized spacial score (nSPS) is 19.4. The molecule has 8 heteroatoms. The van der Waals surface area contributed by atoms with E-state index in [1.54, 1.807) is 6.20 Å². The standard InChI is InChI=1S/C21H22N8/c1-23-21-25-11-8-16(28-21)20-27-17-12-26-19-15(7-10-24-19)18(17)29(20)14-4-2-13(3-5-14)6-9-22/h7-8,10-14H,2-6H2,1H3,(H,24,26)(H,23,25,28). The van der Waals surface area contributed by atoms with Gasteiger partial charge in [0.1, 0.15) is 16.9 Å². The lowest BCUT2D eigenvalue weighted by Crippen LogP contribution is -2.19. The third-order valence-electron chi connectivity index (χ3n) is 5.90. The maximum atomic E-state index is 9.05. The number of fused-ring (bicyclic) bond motifs is 3. The molecule has 1 aliphatic carbocycles. The van der Waals surface area contributed by atoms with Crippen LogP contribution in [-0.4, -0.2) is 36.5 Å². The van der Waals surface area contributed by atoms with Crippen LogP contribution >= 0.6 is 0 Å². The Balaban J connectivity index is 1.68. The lowest BCUT2D eigenvalue weighted by Gasteiger charge is -2.29.